The van der Waals surface area contributed by atoms with Gasteiger partial charge in [0, 0.05) is 27.2 Å². The summed E-state index contributed by atoms with van der Waals surface area (Å²) in [5.74, 6) is -1.10. The molecule has 1 amide bonds. The van der Waals surface area contributed by atoms with E-state index in [4.69, 9.17) is 28.2 Å². The zero-order chi connectivity index (χ0) is 21.8. The highest BCUT2D eigenvalue weighted by atomic mass is 79.9. The van der Waals surface area contributed by atoms with E-state index in [1.54, 1.807) is 18.2 Å². The van der Waals surface area contributed by atoms with E-state index in [1.165, 1.54) is 12.2 Å². The second-order valence-electron chi connectivity index (χ2n) is 6.19. The van der Waals surface area contributed by atoms with Gasteiger partial charge in [-0.05, 0) is 71.0 Å². The molecule has 154 valence electrons. The van der Waals surface area contributed by atoms with Crippen molar-refractivity contribution in [3.63, 3.8) is 0 Å². The highest BCUT2D eigenvalue weighted by molar-refractivity contribution is 9.10. The van der Waals surface area contributed by atoms with Gasteiger partial charge in [0.2, 0.25) is 5.91 Å². The van der Waals surface area contributed by atoms with Gasteiger partial charge in [-0.15, -0.1) is 0 Å². The number of halogens is 4. The van der Waals surface area contributed by atoms with Crippen LogP contribution < -0.4 is 10.6 Å². The average molecular weight is 512 g/mol. The largest absolute Gasteiger partial charge is 0.457 e. The third-order valence-electron chi connectivity index (χ3n) is 3.96. The van der Waals surface area contributed by atoms with Gasteiger partial charge in [-0.2, -0.15) is 0 Å². The molecule has 30 heavy (non-hydrogen) atoms. The predicted octanol–water partition coefficient (Wildman–Crippen LogP) is 6.48. The van der Waals surface area contributed by atoms with Crippen molar-refractivity contribution in [2.45, 2.75) is 6.92 Å². The summed E-state index contributed by atoms with van der Waals surface area (Å²) in [5, 5.41) is 5.37. The van der Waals surface area contributed by atoms with Gasteiger partial charge in [0.15, 0.2) is 10.9 Å². The monoisotopic (exact) mass is 510 g/mol. The van der Waals surface area contributed by atoms with Crippen LogP contribution in [-0.2, 0) is 4.79 Å². The average Bonchev–Trinajstić information content (AvgIpc) is 3.14. The van der Waals surface area contributed by atoms with E-state index in [9.17, 15) is 13.6 Å². The van der Waals surface area contributed by atoms with Crippen molar-refractivity contribution in [1.82, 2.24) is 5.32 Å². The molecule has 0 radical (unpaired) electrons. The first-order valence-corrected chi connectivity index (χ1v) is 10.1. The number of nitrogens with one attached hydrogen (secondary N) is 2. The quantitative estimate of drug-likeness (QED) is 0.311. The first-order chi connectivity index (χ1) is 14.2. The molecular weight excluding hydrogens is 498 g/mol. The molecule has 0 atom stereocenters. The maximum atomic E-state index is 13.8. The third kappa shape index (κ3) is 5.53. The highest BCUT2D eigenvalue weighted by Gasteiger charge is 2.12. The molecule has 0 fully saturated rings. The summed E-state index contributed by atoms with van der Waals surface area (Å²) >= 11 is 14.2. The molecule has 0 aliphatic heterocycles. The number of anilines is 1. The predicted molar refractivity (Wildman–Crippen MR) is 121 cm³/mol. The molecule has 0 bridgehead atoms. The maximum Gasteiger partial charge on any atom is 0.250 e. The molecular formula is C21H14BrClF2N2O2S. The Bertz CT molecular complexity index is 1140. The Morgan fingerprint density at radius 3 is 2.67 bits per heavy atom. The molecule has 4 nitrogen and oxygen atoms in total. The Labute approximate surface area is 190 Å². The number of amides is 1. The number of aryl methyl sites for hydroxylation is 1. The minimum atomic E-state index is -0.853. The molecule has 2 aromatic carbocycles. The summed E-state index contributed by atoms with van der Waals surface area (Å²) in [5.41, 5.74) is 1.69. The van der Waals surface area contributed by atoms with Crippen LogP contribution in [0.1, 0.15) is 11.3 Å². The Morgan fingerprint density at radius 1 is 1.20 bits per heavy atom. The van der Waals surface area contributed by atoms with E-state index in [1.807, 2.05) is 19.1 Å². The molecule has 0 aliphatic rings. The van der Waals surface area contributed by atoms with Crippen LogP contribution in [0.4, 0.5) is 14.5 Å². The molecule has 0 unspecified atom stereocenters. The molecule has 1 heterocycles. The van der Waals surface area contributed by atoms with E-state index < -0.39 is 17.5 Å². The van der Waals surface area contributed by atoms with Crippen LogP contribution in [0.5, 0.6) is 0 Å². The van der Waals surface area contributed by atoms with Gasteiger partial charge in [0.1, 0.15) is 17.3 Å². The van der Waals surface area contributed by atoms with Crippen molar-refractivity contribution in [2.24, 2.45) is 0 Å². The van der Waals surface area contributed by atoms with Crippen molar-refractivity contribution in [1.29, 1.82) is 0 Å². The molecule has 0 spiro atoms. The van der Waals surface area contributed by atoms with Gasteiger partial charge in [-0.25, -0.2) is 8.78 Å². The van der Waals surface area contributed by atoms with E-state index in [0.717, 1.165) is 17.2 Å². The minimum absolute atomic E-state index is 0.0851. The summed E-state index contributed by atoms with van der Waals surface area (Å²) in [6, 6.07) is 10.8. The lowest BCUT2D eigenvalue weighted by molar-refractivity contribution is -0.115. The summed E-state index contributed by atoms with van der Waals surface area (Å²) in [7, 11) is 0. The third-order valence-corrected chi connectivity index (χ3v) is 5.20. The van der Waals surface area contributed by atoms with Gasteiger partial charge in [-0.3, -0.25) is 10.1 Å². The molecule has 0 saturated carbocycles. The van der Waals surface area contributed by atoms with E-state index in [-0.39, 0.29) is 15.3 Å². The number of carbonyl (C=O) groups excluding carboxylic acids is 1. The van der Waals surface area contributed by atoms with Crippen LogP contribution in [0.3, 0.4) is 0 Å². The summed E-state index contributed by atoms with van der Waals surface area (Å²) in [4.78, 5) is 12.0. The Balaban J connectivity index is 1.62. The molecule has 1 aromatic heterocycles. The van der Waals surface area contributed by atoms with Crippen LogP contribution in [0.15, 0.2) is 57.4 Å². The number of hydrogen-bond donors (Lipinski definition) is 2. The summed E-state index contributed by atoms with van der Waals surface area (Å²) in [6.45, 7) is 1.91. The first-order valence-electron chi connectivity index (χ1n) is 8.54. The fourth-order valence-corrected chi connectivity index (χ4v) is 3.35. The van der Waals surface area contributed by atoms with Crippen LogP contribution in [0.2, 0.25) is 5.02 Å². The number of furan rings is 1. The van der Waals surface area contributed by atoms with Gasteiger partial charge in [-0.1, -0.05) is 23.7 Å². The number of thiocarbonyl (C=S) groups is 1. The van der Waals surface area contributed by atoms with Crippen molar-refractivity contribution < 1.29 is 18.0 Å². The lowest BCUT2D eigenvalue weighted by Crippen LogP contribution is -2.33. The zero-order valence-electron chi connectivity index (χ0n) is 15.4. The van der Waals surface area contributed by atoms with E-state index in [0.29, 0.717) is 22.6 Å². The smallest absolute Gasteiger partial charge is 0.250 e. The zero-order valence-corrected chi connectivity index (χ0v) is 18.6. The topological polar surface area (TPSA) is 54.3 Å². The molecule has 0 aliphatic carbocycles. The van der Waals surface area contributed by atoms with Crippen LogP contribution in [0.25, 0.3) is 17.4 Å². The summed E-state index contributed by atoms with van der Waals surface area (Å²) < 4.78 is 32.8. The van der Waals surface area contributed by atoms with Gasteiger partial charge in [0.05, 0.1) is 5.69 Å². The van der Waals surface area contributed by atoms with E-state index >= 15 is 0 Å². The second-order valence-corrected chi connectivity index (χ2v) is 7.86. The lowest BCUT2D eigenvalue weighted by atomic mass is 10.1. The van der Waals surface area contributed by atoms with Crippen molar-refractivity contribution >= 4 is 62.5 Å². The lowest BCUT2D eigenvalue weighted by Gasteiger charge is -2.11. The van der Waals surface area contributed by atoms with Crippen molar-refractivity contribution in [3.8, 4) is 11.3 Å². The van der Waals surface area contributed by atoms with Gasteiger partial charge in [0.25, 0.3) is 0 Å². The minimum Gasteiger partial charge on any atom is -0.457 e. The van der Waals surface area contributed by atoms with Crippen LogP contribution in [0, 0.1) is 18.6 Å². The number of carbonyl (C=O) groups is 1. The van der Waals surface area contributed by atoms with Gasteiger partial charge >= 0.3 is 0 Å². The fraction of sp³-hybridized carbons (Fsp3) is 0.0476. The van der Waals surface area contributed by atoms with Crippen molar-refractivity contribution in [2.75, 3.05) is 5.32 Å². The number of hydrogen-bond acceptors (Lipinski definition) is 3. The maximum absolute atomic E-state index is 13.8. The first kappa shape index (κ1) is 22.1. The van der Waals surface area contributed by atoms with Crippen molar-refractivity contribution in [3.05, 3.63) is 81.0 Å². The second kappa shape index (κ2) is 9.51. The normalized spacial score (nSPS) is 11.0. The molecule has 2 N–H and O–H groups in total. The molecule has 3 rings (SSSR count). The Morgan fingerprint density at radius 2 is 1.97 bits per heavy atom. The highest BCUT2D eigenvalue weighted by Crippen LogP contribution is 2.28. The van der Waals surface area contributed by atoms with E-state index in [2.05, 4.69) is 26.6 Å². The van der Waals surface area contributed by atoms with Crippen LogP contribution in [-0.4, -0.2) is 11.0 Å². The van der Waals surface area contributed by atoms with Crippen LogP contribution >= 0.6 is 39.7 Å². The molecule has 3 aromatic rings. The summed E-state index contributed by atoms with van der Waals surface area (Å²) in [6.07, 6.45) is 2.68. The Hall–Kier alpha value is -2.55. The molecule has 9 heteroatoms. The fourth-order valence-electron chi connectivity index (χ4n) is 2.46. The standard InChI is InChI=1S/C21H14BrClF2N2O2S/c1-11-2-3-12(8-16(11)23)18-6-4-14(29-18)5-7-19(28)26-21(30)27-20-15(22)9-13(24)10-17(20)25/h2-10H,1H3,(H2,26,27,28,30)/b7-5+. The van der Waals surface area contributed by atoms with Gasteiger partial charge < -0.3 is 9.73 Å². The Kier molecular flexibility index (Phi) is 7.02. The number of benzene rings is 2. The number of rotatable bonds is 4. The molecule has 0 saturated heterocycles. The SMILES string of the molecule is Cc1ccc(-c2ccc(/C=C/C(=O)NC(=S)Nc3c(F)cc(F)cc3Br)o2)cc1Cl.